The maximum atomic E-state index is 6.06. The van der Waals surface area contributed by atoms with Gasteiger partial charge in [0.2, 0.25) is 0 Å². The van der Waals surface area contributed by atoms with Crippen LogP contribution in [0.25, 0.3) is 0 Å². The van der Waals surface area contributed by atoms with Gasteiger partial charge in [-0.2, -0.15) is 0 Å². The van der Waals surface area contributed by atoms with Crippen molar-refractivity contribution in [2.45, 2.75) is 26.4 Å². The number of ether oxygens (including phenoxy) is 1. The van der Waals surface area contributed by atoms with Crippen molar-refractivity contribution in [3.8, 4) is 5.75 Å². The molecule has 0 radical (unpaired) electrons. The van der Waals surface area contributed by atoms with Crippen molar-refractivity contribution in [1.29, 1.82) is 0 Å². The highest BCUT2D eigenvalue weighted by molar-refractivity contribution is 5.28. The van der Waals surface area contributed by atoms with Crippen molar-refractivity contribution < 1.29 is 4.74 Å². The largest absolute Gasteiger partial charge is 0.497 e. The Morgan fingerprint density at radius 2 is 2.06 bits per heavy atom. The first kappa shape index (κ1) is 14.0. The summed E-state index contributed by atoms with van der Waals surface area (Å²) in [6.07, 6.45) is 0. The van der Waals surface area contributed by atoms with Gasteiger partial charge in [-0.1, -0.05) is 26.0 Å². The lowest BCUT2D eigenvalue weighted by Crippen LogP contribution is -2.38. The fraction of sp³-hybridized carbons (Fsp3) is 0.571. The van der Waals surface area contributed by atoms with Crippen LogP contribution in [0.2, 0.25) is 0 Å². The van der Waals surface area contributed by atoms with Crippen molar-refractivity contribution in [2.24, 2.45) is 11.7 Å². The number of methoxy groups -OCH3 is 1. The van der Waals surface area contributed by atoms with E-state index < -0.39 is 0 Å². The Bertz CT molecular complexity index is 339. The molecule has 0 fully saturated rings. The lowest BCUT2D eigenvalue weighted by atomic mass is 10.1. The van der Waals surface area contributed by atoms with Gasteiger partial charge in [-0.25, -0.2) is 0 Å². The normalized spacial score (nSPS) is 13.1. The smallest absolute Gasteiger partial charge is 0.119 e. The Labute approximate surface area is 105 Å². The molecular formula is C14H24N2O. The van der Waals surface area contributed by atoms with E-state index in [-0.39, 0.29) is 6.04 Å². The molecule has 0 heterocycles. The summed E-state index contributed by atoms with van der Waals surface area (Å²) < 4.78 is 5.21. The number of hydrogen-bond donors (Lipinski definition) is 1. The predicted molar refractivity (Wildman–Crippen MR) is 72.1 cm³/mol. The molecule has 2 N–H and O–H groups in total. The summed E-state index contributed by atoms with van der Waals surface area (Å²) in [5.41, 5.74) is 7.31. The van der Waals surface area contributed by atoms with Gasteiger partial charge in [-0.15, -0.1) is 0 Å². The van der Waals surface area contributed by atoms with Gasteiger partial charge in [0.05, 0.1) is 7.11 Å². The average molecular weight is 236 g/mol. The summed E-state index contributed by atoms with van der Waals surface area (Å²) in [5, 5.41) is 0. The molecule has 0 aliphatic heterocycles. The Balaban J connectivity index is 2.52. The van der Waals surface area contributed by atoms with Gasteiger partial charge in [0.15, 0.2) is 0 Å². The van der Waals surface area contributed by atoms with Gasteiger partial charge in [0.1, 0.15) is 5.75 Å². The van der Waals surface area contributed by atoms with Crippen LogP contribution in [0.4, 0.5) is 0 Å². The second kappa shape index (κ2) is 6.62. The van der Waals surface area contributed by atoms with Crippen LogP contribution in [0.1, 0.15) is 19.4 Å². The maximum absolute atomic E-state index is 6.06. The first-order valence-corrected chi connectivity index (χ1v) is 6.10. The molecular weight excluding hydrogens is 212 g/mol. The average Bonchev–Trinajstić information content (AvgIpc) is 2.28. The first-order chi connectivity index (χ1) is 8.02. The molecule has 1 rings (SSSR count). The molecule has 3 heteroatoms. The number of rotatable bonds is 6. The van der Waals surface area contributed by atoms with E-state index in [4.69, 9.17) is 10.5 Å². The number of nitrogens with zero attached hydrogens (tertiary/aromatic N) is 1. The van der Waals surface area contributed by atoms with Gasteiger partial charge < -0.3 is 15.4 Å². The Hall–Kier alpha value is -1.06. The van der Waals surface area contributed by atoms with Gasteiger partial charge in [-0.3, -0.25) is 0 Å². The summed E-state index contributed by atoms with van der Waals surface area (Å²) in [4.78, 5) is 2.25. The highest BCUT2D eigenvalue weighted by Crippen LogP contribution is 2.14. The summed E-state index contributed by atoms with van der Waals surface area (Å²) in [6, 6.07) is 8.39. The zero-order chi connectivity index (χ0) is 12.8. The Morgan fingerprint density at radius 1 is 1.35 bits per heavy atom. The molecule has 0 aliphatic carbocycles. The summed E-state index contributed by atoms with van der Waals surface area (Å²) >= 11 is 0. The van der Waals surface area contributed by atoms with Crippen LogP contribution in [0.5, 0.6) is 5.75 Å². The lowest BCUT2D eigenvalue weighted by molar-refractivity contribution is 0.276. The van der Waals surface area contributed by atoms with Crippen molar-refractivity contribution in [3.63, 3.8) is 0 Å². The fourth-order valence-corrected chi connectivity index (χ4v) is 1.72. The van der Waals surface area contributed by atoms with Crippen molar-refractivity contribution in [1.82, 2.24) is 4.90 Å². The van der Waals surface area contributed by atoms with E-state index in [0.29, 0.717) is 5.92 Å². The van der Waals surface area contributed by atoms with E-state index in [1.54, 1.807) is 7.11 Å². The van der Waals surface area contributed by atoms with E-state index in [1.165, 1.54) is 5.56 Å². The van der Waals surface area contributed by atoms with Crippen LogP contribution in [0.15, 0.2) is 24.3 Å². The fourth-order valence-electron chi connectivity index (χ4n) is 1.72. The molecule has 1 atom stereocenters. The highest BCUT2D eigenvalue weighted by atomic mass is 16.5. The van der Waals surface area contributed by atoms with Gasteiger partial charge >= 0.3 is 0 Å². The molecule has 96 valence electrons. The number of likely N-dealkylation sites (N-methyl/N-ethyl adjacent to an activating group) is 1. The topological polar surface area (TPSA) is 38.5 Å². The Morgan fingerprint density at radius 3 is 2.65 bits per heavy atom. The minimum atomic E-state index is 0.227. The van der Waals surface area contributed by atoms with Crippen LogP contribution < -0.4 is 10.5 Å². The molecule has 0 spiro atoms. The zero-order valence-electron chi connectivity index (χ0n) is 11.3. The number of benzene rings is 1. The first-order valence-electron chi connectivity index (χ1n) is 6.10. The van der Waals surface area contributed by atoms with Gasteiger partial charge in [-0.05, 0) is 30.7 Å². The molecule has 1 aromatic rings. The van der Waals surface area contributed by atoms with E-state index >= 15 is 0 Å². The van der Waals surface area contributed by atoms with Gasteiger partial charge in [0, 0.05) is 19.1 Å². The van der Waals surface area contributed by atoms with E-state index in [1.807, 2.05) is 12.1 Å². The minimum Gasteiger partial charge on any atom is -0.497 e. The van der Waals surface area contributed by atoms with Crippen LogP contribution >= 0.6 is 0 Å². The van der Waals surface area contributed by atoms with Crippen molar-refractivity contribution >= 4 is 0 Å². The standard InChI is InChI=1S/C14H24N2O/c1-11(2)14(15)10-16(3)9-12-6-5-7-13(8-12)17-4/h5-8,11,14H,9-10,15H2,1-4H3. The molecule has 0 aromatic heterocycles. The Kier molecular flexibility index (Phi) is 5.45. The molecule has 1 aromatic carbocycles. The summed E-state index contributed by atoms with van der Waals surface area (Å²) in [7, 11) is 3.79. The third-order valence-corrected chi connectivity index (χ3v) is 2.97. The molecule has 0 aliphatic rings. The van der Waals surface area contributed by atoms with Crippen LogP contribution in [-0.4, -0.2) is 31.6 Å². The van der Waals surface area contributed by atoms with Crippen LogP contribution in [0, 0.1) is 5.92 Å². The third kappa shape index (κ3) is 4.75. The van der Waals surface area contributed by atoms with E-state index in [9.17, 15) is 0 Å². The lowest BCUT2D eigenvalue weighted by Gasteiger charge is -2.23. The molecule has 0 saturated heterocycles. The van der Waals surface area contributed by atoms with Gasteiger partial charge in [0.25, 0.3) is 0 Å². The van der Waals surface area contributed by atoms with Crippen LogP contribution in [-0.2, 0) is 6.54 Å². The van der Waals surface area contributed by atoms with Crippen LogP contribution in [0.3, 0.4) is 0 Å². The molecule has 0 amide bonds. The highest BCUT2D eigenvalue weighted by Gasteiger charge is 2.10. The zero-order valence-corrected chi connectivity index (χ0v) is 11.3. The maximum Gasteiger partial charge on any atom is 0.119 e. The minimum absolute atomic E-state index is 0.227. The summed E-state index contributed by atoms with van der Waals surface area (Å²) in [5.74, 6) is 1.42. The number of hydrogen-bond acceptors (Lipinski definition) is 3. The SMILES string of the molecule is COc1cccc(CN(C)CC(N)C(C)C)c1. The molecule has 0 saturated carbocycles. The number of nitrogens with two attached hydrogens (primary N) is 1. The predicted octanol–water partition coefficient (Wildman–Crippen LogP) is 2.11. The third-order valence-electron chi connectivity index (χ3n) is 2.97. The van der Waals surface area contributed by atoms with E-state index in [0.717, 1.165) is 18.8 Å². The second-order valence-electron chi connectivity index (χ2n) is 4.96. The van der Waals surface area contributed by atoms with E-state index in [2.05, 4.69) is 37.9 Å². The van der Waals surface area contributed by atoms with Crippen molar-refractivity contribution in [2.75, 3.05) is 20.7 Å². The molecule has 17 heavy (non-hydrogen) atoms. The quantitative estimate of drug-likeness (QED) is 0.822. The van der Waals surface area contributed by atoms with Crippen molar-refractivity contribution in [3.05, 3.63) is 29.8 Å². The molecule has 0 bridgehead atoms. The summed E-state index contributed by atoms with van der Waals surface area (Å²) in [6.45, 7) is 6.13. The second-order valence-corrected chi connectivity index (χ2v) is 4.96. The molecule has 1 unspecified atom stereocenters. The monoisotopic (exact) mass is 236 g/mol. The molecule has 3 nitrogen and oxygen atoms in total.